The zero-order chi connectivity index (χ0) is 14.6. The minimum Gasteiger partial charge on any atom is -0.392 e. The van der Waals surface area contributed by atoms with Crippen LogP contribution >= 0.6 is 0 Å². The summed E-state index contributed by atoms with van der Waals surface area (Å²) in [6, 6.07) is 3.50. The smallest absolute Gasteiger partial charge is 0.253 e. The molecule has 0 aromatic carbocycles. The highest BCUT2D eigenvalue weighted by atomic mass is 16.3. The molecule has 0 aliphatic carbocycles. The molecule has 0 saturated carbocycles. The summed E-state index contributed by atoms with van der Waals surface area (Å²) in [4.78, 5) is 16.2. The van der Waals surface area contributed by atoms with Crippen molar-refractivity contribution in [2.24, 2.45) is 11.3 Å². The van der Waals surface area contributed by atoms with Gasteiger partial charge in [-0.05, 0) is 25.0 Å². The van der Waals surface area contributed by atoms with E-state index in [1.807, 2.05) is 34.6 Å². The Balaban J connectivity index is 2.67. The van der Waals surface area contributed by atoms with Gasteiger partial charge in [0.15, 0.2) is 0 Å². The number of hydrogen-bond donors (Lipinski definition) is 2. The molecule has 1 aromatic rings. The van der Waals surface area contributed by atoms with E-state index in [9.17, 15) is 9.90 Å². The zero-order valence-electron chi connectivity index (χ0n) is 12.4. The molecule has 0 saturated heterocycles. The van der Waals surface area contributed by atoms with Crippen molar-refractivity contribution in [3.8, 4) is 0 Å². The number of pyridine rings is 1. The first kappa shape index (κ1) is 15.6. The number of carbonyl (C=O) groups is 1. The van der Waals surface area contributed by atoms with Crippen LogP contribution in [0.3, 0.4) is 0 Å². The van der Waals surface area contributed by atoms with Gasteiger partial charge in [-0.15, -0.1) is 0 Å². The Bertz CT molecular complexity index is 442. The minimum atomic E-state index is -0.456. The second kappa shape index (κ2) is 6.15. The Morgan fingerprint density at radius 3 is 2.63 bits per heavy atom. The van der Waals surface area contributed by atoms with Crippen molar-refractivity contribution < 1.29 is 9.90 Å². The van der Waals surface area contributed by atoms with E-state index in [4.69, 9.17) is 0 Å². The molecule has 1 atom stereocenters. The van der Waals surface area contributed by atoms with Gasteiger partial charge in [-0.25, -0.2) is 0 Å². The maximum atomic E-state index is 12.1. The average molecular weight is 264 g/mol. The molecule has 0 fully saturated rings. The fourth-order valence-electron chi connectivity index (χ4n) is 2.13. The minimum absolute atomic E-state index is 0.144. The first-order valence-electron chi connectivity index (χ1n) is 6.63. The number of aromatic nitrogens is 1. The zero-order valence-corrected chi connectivity index (χ0v) is 12.4. The first-order chi connectivity index (χ1) is 8.75. The molecule has 0 aliphatic rings. The van der Waals surface area contributed by atoms with Gasteiger partial charge in [0.25, 0.3) is 5.91 Å². The van der Waals surface area contributed by atoms with Gasteiger partial charge in [-0.3, -0.25) is 9.78 Å². The first-order valence-corrected chi connectivity index (χ1v) is 6.63. The van der Waals surface area contributed by atoms with Crippen LogP contribution in [0.5, 0.6) is 0 Å². The maximum Gasteiger partial charge on any atom is 0.253 e. The van der Waals surface area contributed by atoms with Crippen molar-refractivity contribution >= 4 is 5.91 Å². The Morgan fingerprint density at radius 1 is 1.47 bits per heavy atom. The number of amides is 1. The van der Waals surface area contributed by atoms with E-state index in [1.165, 1.54) is 0 Å². The molecule has 0 aliphatic heterocycles. The van der Waals surface area contributed by atoms with Gasteiger partial charge >= 0.3 is 0 Å². The number of rotatable bonds is 5. The SMILES string of the molecule is Cc1ncccc1C(=O)NCC(C)(C)C(O)C(C)C. The number of aliphatic hydroxyl groups excluding tert-OH is 1. The van der Waals surface area contributed by atoms with Gasteiger partial charge < -0.3 is 10.4 Å². The summed E-state index contributed by atoms with van der Waals surface area (Å²) in [5, 5.41) is 13.0. The van der Waals surface area contributed by atoms with Crippen LogP contribution in [0, 0.1) is 18.3 Å². The highest BCUT2D eigenvalue weighted by Crippen LogP contribution is 2.25. The Labute approximate surface area is 115 Å². The molecule has 106 valence electrons. The van der Waals surface area contributed by atoms with Crippen molar-refractivity contribution in [2.75, 3.05) is 6.54 Å². The van der Waals surface area contributed by atoms with Crippen LogP contribution < -0.4 is 5.32 Å². The summed E-state index contributed by atoms with van der Waals surface area (Å²) in [7, 11) is 0. The van der Waals surface area contributed by atoms with Crippen molar-refractivity contribution in [2.45, 2.75) is 40.7 Å². The van der Waals surface area contributed by atoms with E-state index in [-0.39, 0.29) is 17.2 Å². The van der Waals surface area contributed by atoms with Crippen molar-refractivity contribution in [3.63, 3.8) is 0 Å². The molecular weight excluding hydrogens is 240 g/mol. The summed E-state index contributed by atoms with van der Waals surface area (Å²) in [5.41, 5.74) is 0.930. The largest absolute Gasteiger partial charge is 0.392 e. The van der Waals surface area contributed by atoms with Crippen LogP contribution in [0.4, 0.5) is 0 Å². The van der Waals surface area contributed by atoms with Gasteiger partial charge in [0.2, 0.25) is 0 Å². The lowest BCUT2D eigenvalue weighted by molar-refractivity contribution is 0.0138. The summed E-state index contributed by atoms with van der Waals surface area (Å²) < 4.78 is 0. The number of nitrogens with one attached hydrogen (secondary N) is 1. The van der Waals surface area contributed by atoms with Gasteiger partial charge in [-0.2, -0.15) is 0 Å². The number of nitrogens with zero attached hydrogens (tertiary/aromatic N) is 1. The van der Waals surface area contributed by atoms with Crippen LogP contribution in [-0.4, -0.2) is 28.6 Å². The Morgan fingerprint density at radius 2 is 2.11 bits per heavy atom. The van der Waals surface area contributed by atoms with E-state index in [1.54, 1.807) is 18.3 Å². The normalized spacial score (nSPS) is 13.4. The number of aryl methyl sites for hydroxylation is 1. The van der Waals surface area contributed by atoms with E-state index in [0.29, 0.717) is 17.8 Å². The second-order valence-corrected chi connectivity index (χ2v) is 6.00. The van der Waals surface area contributed by atoms with E-state index >= 15 is 0 Å². The van der Waals surface area contributed by atoms with Crippen LogP contribution in [0.1, 0.15) is 43.7 Å². The van der Waals surface area contributed by atoms with Gasteiger partial charge in [0.1, 0.15) is 0 Å². The highest BCUT2D eigenvalue weighted by Gasteiger charge is 2.30. The third kappa shape index (κ3) is 4.03. The predicted octanol–water partition coefficient (Wildman–Crippen LogP) is 2.16. The third-order valence-corrected chi connectivity index (χ3v) is 3.39. The molecule has 4 heteroatoms. The fraction of sp³-hybridized carbons (Fsp3) is 0.600. The van der Waals surface area contributed by atoms with Crippen molar-refractivity contribution in [1.82, 2.24) is 10.3 Å². The molecule has 19 heavy (non-hydrogen) atoms. The van der Waals surface area contributed by atoms with E-state index in [0.717, 1.165) is 0 Å². The molecule has 0 radical (unpaired) electrons. The molecule has 0 bridgehead atoms. The Hall–Kier alpha value is -1.42. The molecule has 1 amide bonds. The van der Waals surface area contributed by atoms with Gasteiger partial charge in [-0.1, -0.05) is 27.7 Å². The second-order valence-electron chi connectivity index (χ2n) is 6.00. The summed E-state index contributed by atoms with van der Waals surface area (Å²) in [6.07, 6.45) is 1.21. The van der Waals surface area contributed by atoms with Crippen LogP contribution in [0.25, 0.3) is 0 Å². The topological polar surface area (TPSA) is 62.2 Å². The van der Waals surface area contributed by atoms with Crippen molar-refractivity contribution in [1.29, 1.82) is 0 Å². The molecular formula is C15H24N2O2. The standard InChI is InChI=1S/C15H24N2O2/c1-10(2)13(18)15(4,5)9-17-14(19)12-7-6-8-16-11(12)3/h6-8,10,13,18H,9H2,1-5H3,(H,17,19). The predicted molar refractivity (Wildman–Crippen MR) is 75.9 cm³/mol. The molecule has 4 nitrogen and oxygen atoms in total. The lowest BCUT2D eigenvalue weighted by Crippen LogP contribution is -2.43. The van der Waals surface area contributed by atoms with Gasteiger partial charge in [0.05, 0.1) is 11.7 Å². The van der Waals surface area contributed by atoms with E-state index < -0.39 is 6.10 Å². The monoisotopic (exact) mass is 264 g/mol. The van der Waals surface area contributed by atoms with Crippen LogP contribution in [-0.2, 0) is 0 Å². The number of aliphatic hydroxyl groups is 1. The molecule has 1 heterocycles. The molecule has 1 rings (SSSR count). The Kier molecular flexibility index (Phi) is 5.06. The maximum absolute atomic E-state index is 12.1. The number of carbonyl (C=O) groups excluding carboxylic acids is 1. The van der Waals surface area contributed by atoms with Gasteiger partial charge in [0, 0.05) is 23.9 Å². The molecule has 1 unspecified atom stereocenters. The van der Waals surface area contributed by atoms with E-state index in [2.05, 4.69) is 10.3 Å². The summed E-state index contributed by atoms with van der Waals surface area (Å²) in [5.74, 6) is 0.0154. The summed E-state index contributed by atoms with van der Waals surface area (Å²) in [6.45, 7) is 10.1. The average Bonchev–Trinajstić information content (AvgIpc) is 2.35. The molecule has 2 N–H and O–H groups in total. The van der Waals surface area contributed by atoms with Crippen LogP contribution in [0.15, 0.2) is 18.3 Å². The lowest BCUT2D eigenvalue weighted by Gasteiger charge is -2.33. The third-order valence-electron chi connectivity index (χ3n) is 3.39. The van der Waals surface area contributed by atoms with Crippen molar-refractivity contribution in [3.05, 3.63) is 29.6 Å². The summed E-state index contributed by atoms with van der Waals surface area (Å²) >= 11 is 0. The lowest BCUT2D eigenvalue weighted by atomic mass is 9.80. The molecule has 1 aromatic heterocycles. The molecule has 0 spiro atoms. The quantitative estimate of drug-likeness (QED) is 0.856. The fourth-order valence-corrected chi connectivity index (χ4v) is 2.13. The van der Waals surface area contributed by atoms with Crippen LogP contribution in [0.2, 0.25) is 0 Å². The number of hydrogen-bond acceptors (Lipinski definition) is 3. The highest BCUT2D eigenvalue weighted by molar-refractivity contribution is 5.95.